The maximum absolute atomic E-state index is 12.4. The molecular weight excluding hydrogens is 181 g/mol. The molecule has 3 atom stereocenters. The van der Waals surface area contributed by atoms with E-state index in [1.165, 1.54) is 0 Å². The van der Waals surface area contributed by atoms with Crippen LogP contribution in [-0.4, -0.2) is 43.8 Å². The fraction of sp³-hybridized carbons (Fsp3) is 1.00. The number of nitrogens with zero attached hydrogens (tertiary/aromatic N) is 1. The van der Waals surface area contributed by atoms with E-state index in [0.29, 0.717) is 13.1 Å². The van der Waals surface area contributed by atoms with Crippen LogP contribution in [0.25, 0.3) is 0 Å². The van der Waals surface area contributed by atoms with Gasteiger partial charge in [-0.15, -0.1) is 0 Å². The van der Waals surface area contributed by atoms with Crippen molar-refractivity contribution in [3.05, 3.63) is 0 Å². The third-order valence-electron chi connectivity index (χ3n) is 3.05. The quantitative estimate of drug-likeness (QED) is 0.610. The molecule has 2 rings (SSSR count). The zero-order valence-electron chi connectivity index (χ0n) is 7.43. The second-order valence-electron chi connectivity index (χ2n) is 4.07. The lowest BCUT2D eigenvalue weighted by Gasteiger charge is -2.21. The number of nitrogens with one attached hydrogen (secondary N) is 1. The lowest BCUT2D eigenvalue weighted by atomic mass is 9.94. The smallest absolute Gasteiger partial charge is 0.306 e. The molecule has 0 amide bonds. The standard InChI is InChI=1S/C8H13F3N2/c1-13-3-5-2-12-7(6(5)4-13)8(9,10)11/h5-7,12H,2-4H2,1H3/t5-,6+,7+/m0/s1. The second-order valence-corrected chi connectivity index (χ2v) is 4.07. The molecule has 2 nitrogen and oxygen atoms in total. The van der Waals surface area contributed by atoms with E-state index in [-0.39, 0.29) is 11.8 Å². The molecule has 2 fully saturated rings. The average Bonchev–Trinajstić information content (AvgIpc) is 2.41. The lowest BCUT2D eigenvalue weighted by Crippen LogP contribution is -2.43. The Balaban J connectivity index is 2.09. The van der Waals surface area contributed by atoms with Gasteiger partial charge in [0.05, 0.1) is 0 Å². The number of fused-ring (bicyclic) bond motifs is 1. The summed E-state index contributed by atoms with van der Waals surface area (Å²) < 4.78 is 37.3. The fourth-order valence-corrected chi connectivity index (χ4v) is 2.50. The van der Waals surface area contributed by atoms with E-state index in [1.54, 1.807) is 0 Å². The van der Waals surface area contributed by atoms with Crippen molar-refractivity contribution in [1.29, 1.82) is 0 Å². The molecule has 0 aromatic rings. The van der Waals surface area contributed by atoms with Gasteiger partial charge in [-0.1, -0.05) is 0 Å². The first-order chi connectivity index (χ1) is 5.98. The van der Waals surface area contributed by atoms with Gasteiger partial charge in [0.2, 0.25) is 0 Å². The van der Waals surface area contributed by atoms with Crippen molar-refractivity contribution in [2.75, 3.05) is 26.7 Å². The number of halogens is 3. The third-order valence-corrected chi connectivity index (χ3v) is 3.05. The van der Waals surface area contributed by atoms with Gasteiger partial charge in [-0.2, -0.15) is 13.2 Å². The number of rotatable bonds is 0. The molecule has 2 aliphatic rings. The topological polar surface area (TPSA) is 15.3 Å². The van der Waals surface area contributed by atoms with Crippen molar-refractivity contribution in [1.82, 2.24) is 10.2 Å². The van der Waals surface area contributed by atoms with Crippen molar-refractivity contribution in [2.45, 2.75) is 12.2 Å². The van der Waals surface area contributed by atoms with Crippen molar-refractivity contribution in [3.63, 3.8) is 0 Å². The Labute approximate surface area is 75.1 Å². The highest BCUT2D eigenvalue weighted by atomic mass is 19.4. The van der Waals surface area contributed by atoms with Gasteiger partial charge in [-0.25, -0.2) is 0 Å². The minimum atomic E-state index is -4.08. The summed E-state index contributed by atoms with van der Waals surface area (Å²) in [6.07, 6.45) is -4.08. The van der Waals surface area contributed by atoms with Crippen molar-refractivity contribution >= 4 is 0 Å². The Morgan fingerprint density at radius 1 is 1.31 bits per heavy atom. The lowest BCUT2D eigenvalue weighted by molar-refractivity contribution is -0.161. The molecule has 0 radical (unpaired) electrons. The van der Waals surface area contributed by atoms with E-state index in [4.69, 9.17) is 0 Å². The van der Waals surface area contributed by atoms with Crippen molar-refractivity contribution in [3.8, 4) is 0 Å². The summed E-state index contributed by atoms with van der Waals surface area (Å²) in [5, 5.41) is 2.57. The van der Waals surface area contributed by atoms with Gasteiger partial charge in [-0.3, -0.25) is 0 Å². The van der Waals surface area contributed by atoms with Gasteiger partial charge in [-0.05, 0) is 13.0 Å². The Hall–Kier alpha value is -0.290. The van der Waals surface area contributed by atoms with E-state index in [9.17, 15) is 13.2 Å². The monoisotopic (exact) mass is 194 g/mol. The average molecular weight is 194 g/mol. The van der Waals surface area contributed by atoms with Gasteiger partial charge in [0.25, 0.3) is 0 Å². The van der Waals surface area contributed by atoms with Crippen LogP contribution in [0.3, 0.4) is 0 Å². The summed E-state index contributed by atoms with van der Waals surface area (Å²) in [6, 6.07) is -1.28. The molecule has 0 saturated carbocycles. The van der Waals surface area contributed by atoms with Gasteiger partial charge in [0.1, 0.15) is 6.04 Å². The normalized spacial score (nSPS) is 41.1. The first-order valence-corrected chi connectivity index (χ1v) is 4.47. The van der Waals surface area contributed by atoms with Crippen molar-refractivity contribution < 1.29 is 13.2 Å². The molecular formula is C8H13F3N2. The number of alkyl halides is 3. The molecule has 2 heterocycles. The van der Waals surface area contributed by atoms with Crippen LogP contribution in [0.1, 0.15) is 0 Å². The Bertz CT molecular complexity index is 204. The first kappa shape index (κ1) is 9.27. The van der Waals surface area contributed by atoms with E-state index in [0.717, 1.165) is 6.54 Å². The molecule has 0 aromatic heterocycles. The number of hydrogen-bond donors (Lipinski definition) is 1. The zero-order chi connectivity index (χ0) is 9.64. The maximum Gasteiger partial charge on any atom is 0.404 e. The predicted octanol–water partition coefficient (Wildman–Crippen LogP) is 0.698. The van der Waals surface area contributed by atoms with Crippen LogP contribution < -0.4 is 5.32 Å². The predicted molar refractivity (Wildman–Crippen MR) is 42.3 cm³/mol. The van der Waals surface area contributed by atoms with Gasteiger partial charge in [0.15, 0.2) is 0 Å². The molecule has 0 bridgehead atoms. The van der Waals surface area contributed by atoms with E-state index < -0.39 is 12.2 Å². The van der Waals surface area contributed by atoms with Crippen molar-refractivity contribution in [2.24, 2.45) is 11.8 Å². The molecule has 0 unspecified atom stereocenters. The summed E-state index contributed by atoms with van der Waals surface area (Å²) >= 11 is 0. The van der Waals surface area contributed by atoms with Gasteiger partial charge < -0.3 is 10.2 Å². The van der Waals surface area contributed by atoms with Crippen LogP contribution in [0.15, 0.2) is 0 Å². The molecule has 0 aromatic carbocycles. The van der Waals surface area contributed by atoms with Crippen LogP contribution in [0.2, 0.25) is 0 Å². The van der Waals surface area contributed by atoms with Gasteiger partial charge >= 0.3 is 6.18 Å². The Morgan fingerprint density at radius 2 is 2.00 bits per heavy atom. The van der Waals surface area contributed by atoms with E-state index in [2.05, 4.69) is 5.32 Å². The molecule has 0 aliphatic carbocycles. The summed E-state index contributed by atoms with van der Waals surface area (Å²) in [7, 11) is 1.88. The van der Waals surface area contributed by atoms with Crippen LogP contribution in [0, 0.1) is 11.8 Å². The molecule has 2 aliphatic heterocycles. The highest BCUT2D eigenvalue weighted by molar-refractivity contribution is 4.99. The molecule has 1 N–H and O–H groups in total. The highest BCUT2D eigenvalue weighted by Gasteiger charge is 2.53. The van der Waals surface area contributed by atoms with Crippen LogP contribution >= 0.6 is 0 Å². The summed E-state index contributed by atoms with van der Waals surface area (Å²) in [6.45, 7) is 1.88. The zero-order valence-corrected chi connectivity index (χ0v) is 7.43. The SMILES string of the molecule is CN1C[C@@H]2CN[C@@H](C(F)(F)F)[C@@H]2C1. The van der Waals surface area contributed by atoms with Crippen LogP contribution in [-0.2, 0) is 0 Å². The highest BCUT2D eigenvalue weighted by Crippen LogP contribution is 2.37. The maximum atomic E-state index is 12.4. The number of likely N-dealkylation sites (tertiary alicyclic amines) is 1. The fourth-order valence-electron chi connectivity index (χ4n) is 2.50. The molecule has 76 valence electrons. The van der Waals surface area contributed by atoms with Crippen LogP contribution in [0.4, 0.5) is 13.2 Å². The Kier molecular flexibility index (Phi) is 2.03. The molecule has 13 heavy (non-hydrogen) atoms. The van der Waals surface area contributed by atoms with E-state index in [1.807, 2.05) is 11.9 Å². The Morgan fingerprint density at radius 3 is 2.62 bits per heavy atom. The largest absolute Gasteiger partial charge is 0.404 e. The summed E-state index contributed by atoms with van der Waals surface area (Å²) in [5.41, 5.74) is 0. The minimum absolute atomic E-state index is 0.191. The molecule has 2 saturated heterocycles. The van der Waals surface area contributed by atoms with Gasteiger partial charge in [0, 0.05) is 25.6 Å². The second kappa shape index (κ2) is 2.85. The van der Waals surface area contributed by atoms with Crippen LogP contribution in [0.5, 0.6) is 0 Å². The molecule has 5 heteroatoms. The summed E-state index contributed by atoms with van der Waals surface area (Å²) in [4.78, 5) is 1.98. The third kappa shape index (κ3) is 1.55. The minimum Gasteiger partial charge on any atom is -0.306 e. The number of hydrogen-bond acceptors (Lipinski definition) is 2. The molecule has 0 spiro atoms. The summed E-state index contributed by atoms with van der Waals surface area (Å²) in [5.74, 6) is -0.0402. The van der Waals surface area contributed by atoms with E-state index >= 15 is 0 Å². The first-order valence-electron chi connectivity index (χ1n) is 4.47.